The van der Waals surface area contributed by atoms with Crippen molar-refractivity contribution in [3.8, 4) is 0 Å². The van der Waals surface area contributed by atoms with E-state index in [1.165, 1.54) is 0 Å². The van der Waals surface area contributed by atoms with Gasteiger partial charge in [-0.05, 0) is 37.1 Å². The summed E-state index contributed by atoms with van der Waals surface area (Å²) in [6, 6.07) is 5.36. The van der Waals surface area contributed by atoms with Gasteiger partial charge < -0.3 is 10.4 Å². The van der Waals surface area contributed by atoms with E-state index in [0.29, 0.717) is 5.56 Å². The lowest BCUT2D eigenvalue weighted by molar-refractivity contribution is 0.0915. The number of hydrogen-bond donors (Lipinski definition) is 2. The highest BCUT2D eigenvalue weighted by Gasteiger charge is 2.11. The normalized spacial score (nSPS) is 12.2. The van der Waals surface area contributed by atoms with Gasteiger partial charge in [-0.25, -0.2) is 0 Å². The molecule has 2 N–H and O–H groups in total. The Balaban J connectivity index is 2.80. The van der Waals surface area contributed by atoms with Crippen molar-refractivity contribution in [2.75, 3.05) is 6.61 Å². The number of carbonyl (C=O) groups excluding carboxylic acids is 1. The Morgan fingerprint density at radius 2 is 2.19 bits per heavy atom. The number of benzene rings is 1. The number of aliphatic hydroxyl groups excluding tert-OH is 1. The molecule has 16 heavy (non-hydrogen) atoms. The molecule has 0 aliphatic heterocycles. The van der Waals surface area contributed by atoms with Crippen LogP contribution in [0.4, 0.5) is 0 Å². The molecule has 0 radical (unpaired) electrons. The molecule has 0 aromatic heterocycles. The Morgan fingerprint density at radius 3 is 2.69 bits per heavy atom. The van der Waals surface area contributed by atoms with Crippen molar-refractivity contribution < 1.29 is 9.90 Å². The monoisotopic (exact) mass is 285 g/mol. The number of nitrogens with one attached hydrogen (secondary N) is 1. The fourth-order valence-electron chi connectivity index (χ4n) is 1.41. The zero-order chi connectivity index (χ0) is 12.1. The maximum absolute atomic E-state index is 11.8. The second-order valence-electron chi connectivity index (χ2n) is 3.78. The second-order valence-corrected chi connectivity index (χ2v) is 4.69. The number of rotatable bonds is 4. The minimum Gasteiger partial charge on any atom is -0.394 e. The summed E-state index contributed by atoms with van der Waals surface area (Å²) in [7, 11) is 0. The standard InChI is InChI=1S/C12H16BrNO2/c1-3-11(7-15)14-12(16)9-4-8(2)5-10(13)6-9/h4-6,11,15H,3,7H2,1-2H3,(H,14,16). The van der Waals surface area contributed by atoms with Gasteiger partial charge in [0.05, 0.1) is 12.6 Å². The number of amides is 1. The Hall–Kier alpha value is -0.870. The van der Waals surface area contributed by atoms with Crippen molar-refractivity contribution >= 4 is 21.8 Å². The van der Waals surface area contributed by atoms with E-state index < -0.39 is 0 Å². The van der Waals surface area contributed by atoms with Crippen molar-refractivity contribution in [1.82, 2.24) is 5.32 Å². The van der Waals surface area contributed by atoms with Crippen molar-refractivity contribution in [2.45, 2.75) is 26.3 Å². The van der Waals surface area contributed by atoms with E-state index in [1.807, 2.05) is 26.0 Å². The smallest absolute Gasteiger partial charge is 0.251 e. The zero-order valence-corrected chi connectivity index (χ0v) is 11.0. The Morgan fingerprint density at radius 1 is 1.50 bits per heavy atom. The SMILES string of the molecule is CCC(CO)NC(=O)c1cc(C)cc(Br)c1. The molecule has 0 bridgehead atoms. The first-order valence-electron chi connectivity index (χ1n) is 5.25. The second kappa shape index (κ2) is 6.01. The molecule has 0 saturated heterocycles. The number of aliphatic hydroxyl groups is 1. The molecule has 88 valence electrons. The first-order chi connectivity index (χ1) is 7.56. The van der Waals surface area contributed by atoms with Crippen LogP contribution < -0.4 is 5.32 Å². The van der Waals surface area contributed by atoms with Gasteiger partial charge in [0.25, 0.3) is 5.91 Å². The number of hydrogen-bond acceptors (Lipinski definition) is 2. The summed E-state index contributed by atoms with van der Waals surface area (Å²) in [6.07, 6.45) is 0.717. The third kappa shape index (κ3) is 3.61. The van der Waals surface area contributed by atoms with E-state index in [0.717, 1.165) is 16.5 Å². The highest BCUT2D eigenvalue weighted by molar-refractivity contribution is 9.10. The first-order valence-corrected chi connectivity index (χ1v) is 6.05. The Labute approximate surface area is 104 Å². The summed E-state index contributed by atoms with van der Waals surface area (Å²) in [4.78, 5) is 11.8. The van der Waals surface area contributed by atoms with Crippen LogP contribution in [0.3, 0.4) is 0 Å². The Kier molecular flexibility index (Phi) is 4.96. The van der Waals surface area contributed by atoms with Crippen LogP contribution in [0.1, 0.15) is 29.3 Å². The van der Waals surface area contributed by atoms with Gasteiger partial charge in [-0.2, -0.15) is 0 Å². The molecule has 1 amide bonds. The fraction of sp³-hybridized carbons (Fsp3) is 0.417. The van der Waals surface area contributed by atoms with Gasteiger partial charge in [0.2, 0.25) is 0 Å². The molecule has 0 fully saturated rings. The predicted molar refractivity (Wildman–Crippen MR) is 67.5 cm³/mol. The van der Waals surface area contributed by atoms with Crippen LogP contribution in [0.25, 0.3) is 0 Å². The molecular weight excluding hydrogens is 270 g/mol. The van der Waals surface area contributed by atoms with Gasteiger partial charge in [-0.15, -0.1) is 0 Å². The van der Waals surface area contributed by atoms with E-state index in [1.54, 1.807) is 6.07 Å². The van der Waals surface area contributed by atoms with Crippen LogP contribution >= 0.6 is 15.9 Å². The summed E-state index contributed by atoms with van der Waals surface area (Å²) in [5, 5.41) is 11.8. The molecule has 1 aromatic rings. The van der Waals surface area contributed by atoms with Crippen LogP contribution in [-0.2, 0) is 0 Å². The summed E-state index contributed by atoms with van der Waals surface area (Å²) in [5.41, 5.74) is 1.63. The van der Waals surface area contributed by atoms with Gasteiger partial charge in [0.1, 0.15) is 0 Å². The van der Waals surface area contributed by atoms with Gasteiger partial charge in [-0.3, -0.25) is 4.79 Å². The molecule has 3 nitrogen and oxygen atoms in total. The molecule has 1 atom stereocenters. The molecular formula is C12H16BrNO2. The van der Waals surface area contributed by atoms with Crippen molar-refractivity contribution in [2.24, 2.45) is 0 Å². The highest BCUT2D eigenvalue weighted by Crippen LogP contribution is 2.15. The molecule has 0 saturated carbocycles. The van der Waals surface area contributed by atoms with Crippen LogP contribution in [0.2, 0.25) is 0 Å². The highest BCUT2D eigenvalue weighted by atomic mass is 79.9. The van der Waals surface area contributed by atoms with Crippen LogP contribution in [0.15, 0.2) is 22.7 Å². The predicted octanol–water partition coefficient (Wildman–Crippen LogP) is 2.26. The van der Waals surface area contributed by atoms with Gasteiger partial charge >= 0.3 is 0 Å². The molecule has 0 heterocycles. The quantitative estimate of drug-likeness (QED) is 0.892. The number of carbonyl (C=O) groups is 1. The lowest BCUT2D eigenvalue weighted by Crippen LogP contribution is -2.36. The molecule has 0 aliphatic carbocycles. The van der Waals surface area contributed by atoms with Gasteiger partial charge in [0.15, 0.2) is 0 Å². The minimum atomic E-state index is -0.174. The van der Waals surface area contributed by atoms with Crippen LogP contribution in [0, 0.1) is 6.92 Å². The maximum atomic E-state index is 11.8. The van der Waals surface area contributed by atoms with Gasteiger partial charge in [-0.1, -0.05) is 22.9 Å². The minimum absolute atomic E-state index is 0.0325. The summed E-state index contributed by atoms with van der Waals surface area (Å²) in [6.45, 7) is 3.83. The van der Waals surface area contributed by atoms with Crippen LogP contribution in [0.5, 0.6) is 0 Å². The van der Waals surface area contributed by atoms with Crippen molar-refractivity contribution in [3.63, 3.8) is 0 Å². The topological polar surface area (TPSA) is 49.3 Å². The van der Waals surface area contributed by atoms with Crippen LogP contribution in [-0.4, -0.2) is 23.7 Å². The third-order valence-corrected chi connectivity index (χ3v) is 2.81. The summed E-state index contributed by atoms with van der Waals surface area (Å²) in [5.74, 6) is -0.148. The Bertz CT molecular complexity index is 355. The van der Waals surface area contributed by atoms with Crippen molar-refractivity contribution in [1.29, 1.82) is 0 Å². The molecule has 1 rings (SSSR count). The molecule has 0 spiro atoms. The first kappa shape index (κ1) is 13.2. The lowest BCUT2D eigenvalue weighted by atomic mass is 10.1. The average molecular weight is 286 g/mol. The van der Waals surface area contributed by atoms with Crippen molar-refractivity contribution in [3.05, 3.63) is 33.8 Å². The fourth-order valence-corrected chi connectivity index (χ4v) is 2.02. The van der Waals surface area contributed by atoms with E-state index in [2.05, 4.69) is 21.2 Å². The van der Waals surface area contributed by atoms with Gasteiger partial charge in [0, 0.05) is 10.0 Å². The molecule has 0 aliphatic rings. The number of halogens is 1. The third-order valence-electron chi connectivity index (χ3n) is 2.35. The summed E-state index contributed by atoms with van der Waals surface area (Å²) < 4.78 is 0.884. The van der Waals surface area contributed by atoms with E-state index in [4.69, 9.17) is 5.11 Å². The van der Waals surface area contributed by atoms with E-state index in [9.17, 15) is 4.79 Å². The molecule has 4 heteroatoms. The average Bonchev–Trinajstić information content (AvgIpc) is 2.24. The van der Waals surface area contributed by atoms with E-state index >= 15 is 0 Å². The lowest BCUT2D eigenvalue weighted by Gasteiger charge is -2.14. The largest absolute Gasteiger partial charge is 0.394 e. The van der Waals surface area contributed by atoms with E-state index in [-0.39, 0.29) is 18.6 Å². The zero-order valence-electron chi connectivity index (χ0n) is 9.46. The summed E-state index contributed by atoms with van der Waals surface area (Å²) >= 11 is 3.35. The molecule has 1 unspecified atom stereocenters. The maximum Gasteiger partial charge on any atom is 0.251 e. The molecule has 1 aromatic carbocycles. The number of aryl methyl sites for hydroxylation is 1.